The van der Waals surface area contributed by atoms with Crippen LogP contribution in [0.25, 0.3) is 11.1 Å². The van der Waals surface area contributed by atoms with Gasteiger partial charge in [-0.05, 0) is 35.7 Å². The van der Waals surface area contributed by atoms with Gasteiger partial charge >= 0.3 is 0 Å². The number of benzene rings is 1. The lowest BCUT2D eigenvalue weighted by molar-refractivity contribution is 0.167. The van der Waals surface area contributed by atoms with E-state index in [0.717, 1.165) is 23.1 Å². The topological polar surface area (TPSA) is 66.1 Å². The summed E-state index contributed by atoms with van der Waals surface area (Å²) in [4.78, 5) is 4.15. The molecule has 0 radical (unpaired) electrons. The van der Waals surface area contributed by atoms with E-state index in [9.17, 15) is 5.11 Å². The van der Waals surface area contributed by atoms with Crippen LogP contribution >= 0.6 is 0 Å². The van der Waals surface area contributed by atoms with Crippen LogP contribution in [0.1, 0.15) is 37.0 Å². The largest absolute Gasteiger partial charge is 0.495 e. The monoisotopic (exact) mass is 282 g/mol. The molecule has 4 heteroatoms. The second kappa shape index (κ2) is 6.87. The Balaban J connectivity index is 2.50. The molecule has 108 valence electrons. The number of aromatic nitrogens is 1. The quantitative estimate of drug-likeness (QED) is 0.912. The van der Waals surface area contributed by atoms with Gasteiger partial charge in [-0.3, -0.25) is 4.98 Å². The molecular formula is C17H18N2O2. The molecule has 21 heavy (non-hydrogen) atoms. The van der Waals surface area contributed by atoms with Crippen molar-refractivity contribution in [2.24, 2.45) is 0 Å². The SMILES string of the molecule is CCC[C@@H](O)c1ccncc1-c1ccc(C#N)c(OC)c1. The van der Waals surface area contributed by atoms with E-state index >= 15 is 0 Å². The number of aliphatic hydroxyl groups is 1. The number of ether oxygens (including phenoxy) is 1. The first kappa shape index (κ1) is 15.0. The zero-order valence-corrected chi connectivity index (χ0v) is 12.2. The summed E-state index contributed by atoms with van der Waals surface area (Å²) in [6, 6.07) is 9.30. The van der Waals surface area contributed by atoms with Gasteiger partial charge in [0.2, 0.25) is 0 Å². The summed E-state index contributed by atoms with van der Waals surface area (Å²) in [5, 5.41) is 19.3. The summed E-state index contributed by atoms with van der Waals surface area (Å²) in [6.45, 7) is 2.04. The summed E-state index contributed by atoms with van der Waals surface area (Å²) >= 11 is 0. The molecule has 1 heterocycles. The van der Waals surface area contributed by atoms with Gasteiger partial charge in [0.05, 0.1) is 18.8 Å². The van der Waals surface area contributed by atoms with Crippen molar-refractivity contribution in [3.8, 4) is 22.9 Å². The van der Waals surface area contributed by atoms with Crippen molar-refractivity contribution in [3.63, 3.8) is 0 Å². The standard InChI is InChI=1S/C17H18N2O2/c1-3-4-16(20)14-7-8-19-11-15(14)12-5-6-13(10-18)17(9-12)21-2/h5-9,11,16,20H,3-4H2,1-2H3/t16-/m1/s1. The second-order valence-electron chi connectivity index (χ2n) is 4.79. The van der Waals surface area contributed by atoms with Gasteiger partial charge in [-0.15, -0.1) is 0 Å². The third-order valence-corrected chi connectivity index (χ3v) is 3.41. The van der Waals surface area contributed by atoms with Crippen molar-refractivity contribution in [2.75, 3.05) is 7.11 Å². The lowest BCUT2D eigenvalue weighted by atomic mass is 9.95. The number of nitriles is 1. The fourth-order valence-corrected chi connectivity index (χ4v) is 2.32. The first-order valence-electron chi connectivity index (χ1n) is 6.91. The molecule has 1 aromatic carbocycles. The van der Waals surface area contributed by atoms with Crippen LogP contribution in [0.15, 0.2) is 36.7 Å². The Morgan fingerprint density at radius 3 is 2.86 bits per heavy atom. The minimum absolute atomic E-state index is 0.487. The average molecular weight is 282 g/mol. The first-order valence-corrected chi connectivity index (χ1v) is 6.91. The van der Waals surface area contributed by atoms with Crippen molar-refractivity contribution < 1.29 is 9.84 Å². The highest BCUT2D eigenvalue weighted by Crippen LogP contribution is 2.32. The van der Waals surface area contributed by atoms with Crippen molar-refractivity contribution in [2.45, 2.75) is 25.9 Å². The molecule has 1 aromatic heterocycles. The highest BCUT2D eigenvalue weighted by Gasteiger charge is 2.14. The Bertz CT molecular complexity index is 662. The van der Waals surface area contributed by atoms with Gasteiger partial charge in [-0.25, -0.2) is 0 Å². The van der Waals surface area contributed by atoms with E-state index in [1.54, 1.807) is 24.5 Å². The van der Waals surface area contributed by atoms with Gasteiger partial charge < -0.3 is 9.84 Å². The molecular weight excluding hydrogens is 264 g/mol. The van der Waals surface area contributed by atoms with E-state index < -0.39 is 6.10 Å². The van der Waals surface area contributed by atoms with Crippen molar-refractivity contribution in [1.82, 2.24) is 4.98 Å². The van der Waals surface area contributed by atoms with Gasteiger partial charge in [0.25, 0.3) is 0 Å². The molecule has 0 aliphatic heterocycles. The van der Waals surface area contributed by atoms with Gasteiger partial charge in [-0.2, -0.15) is 5.26 Å². The highest BCUT2D eigenvalue weighted by molar-refractivity contribution is 5.70. The maximum Gasteiger partial charge on any atom is 0.137 e. The highest BCUT2D eigenvalue weighted by atomic mass is 16.5. The van der Waals surface area contributed by atoms with Crippen LogP contribution in [0.2, 0.25) is 0 Å². The summed E-state index contributed by atoms with van der Waals surface area (Å²) in [5.41, 5.74) is 3.07. The van der Waals surface area contributed by atoms with Gasteiger partial charge in [0.1, 0.15) is 11.8 Å². The molecule has 2 aromatic rings. The number of methoxy groups -OCH3 is 1. The van der Waals surface area contributed by atoms with E-state index in [0.29, 0.717) is 17.7 Å². The lowest BCUT2D eigenvalue weighted by Crippen LogP contribution is -2.00. The van der Waals surface area contributed by atoms with Gasteiger partial charge in [0.15, 0.2) is 0 Å². The molecule has 0 unspecified atom stereocenters. The van der Waals surface area contributed by atoms with Crippen LogP contribution in [0.5, 0.6) is 5.75 Å². The summed E-state index contributed by atoms with van der Waals surface area (Å²) < 4.78 is 5.24. The first-order chi connectivity index (χ1) is 10.2. The normalized spacial score (nSPS) is 11.7. The molecule has 4 nitrogen and oxygen atoms in total. The fourth-order valence-electron chi connectivity index (χ4n) is 2.32. The minimum atomic E-state index is -0.519. The average Bonchev–Trinajstić information content (AvgIpc) is 2.54. The number of nitrogens with zero attached hydrogens (tertiary/aromatic N) is 2. The molecule has 0 fully saturated rings. The maximum atomic E-state index is 10.3. The molecule has 0 amide bonds. The number of hydrogen-bond acceptors (Lipinski definition) is 4. The Hall–Kier alpha value is -2.38. The molecule has 0 spiro atoms. The van der Waals surface area contributed by atoms with Crippen LogP contribution in [0.4, 0.5) is 0 Å². The maximum absolute atomic E-state index is 10.3. The fraction of sp³-hybridized carbons (Fsp3) is 0.294. The van der Waals surface area contributed by atoms with Crippen LogP contribution in [0.3, 0.4) is 0 Å². The Morgan fingerprint density at radius 1 is 1.38 bits per heavy atom. The summed E-state index contributed by atoms with van der Waals surface area (Å²) in [6.07, 6.45) is 4.49. The Kier molecular flexibility index (Phi) is 4.91. The molecule has 2 rings (SSSR count). The van der Waals surface area contributed by atoms with Crippen LogP contribution in [0, 0.1) is 11.3 Å². The Morgan fingerprint density at radius 2 is 2.19 bits per heavy atom. The third-order valence-electron chi connectivity index (χ3n) is 3.41. The van der Waals surface area contributed by atoms with Crippen molar-refractivity contribution in [1.29, 1.82) is 5.26 Å². The van der Waals surface area contributed by atoms with Crippen LogP contribution in [-0.4, -0.2) is 17.2 Å². The summed E-state index contributed by atoms with van der Waals surface area (Å²) in [5.74, 6) is 0.523. The minimum Gasteiger partial charge on any atom is -0.495 e. The molecule has 0 saturated heterocycles. The smallest absolute Gasteiger partial charge is 0.137 e. The van der Waals surface area contributed by atoms with Crippen molar-refractivity contribution in [3.05, 3.63) is 47.8 Å². The molecule has 0 aliphatic carbocycles. The third kappa shape index (κ3) is 3.21. The van der Waals surface area contributed by atoms with Crippen LogP contribution < -0.4 is 4.74 Å². The predicted octanol–water partition coefficient (Wildman–Crippen LogP) is 3.46. The van der Waals surface area contributed by atoms with Crippen LogP contribution in [-0.2, 0) is 0 Å². The zero-order valence-electron chi connectivity index (χ0n) is 12.2. The van der Waals surface area contributed by atoms with Gasteiger partial charge in [0, 0.05) is 18.0 Å². The number of pyridine rings is 1. The lowest BCUT2D eigenvalue weighted by Gasteiger charge is -2.15. The number of rotatable bonds is 5. The van der Waals surface area contributed by atoms with Crippen molar-refractivity contribution >= 4 is 0 Å². The molecule has 0 saturated carbocycles. The van der Waals surface area contributed by atoms with E-state index in [1.807, 2.05) is 19.1 Å². The van der Waals surface area contributed by atoms with E-state index in [4.69, 9.17) is 10.00 Å². The predicted molar refractivity (Wildman–Crippen MR) is 80.8 cm³/mol. The molecule has 1 atom stereocenters. The molecule has 1 N–H and O–H groups in total. The Labute approximate surface area is 124 Å². The number of hydrogen-bond donors (Lipinski definition) is 1. The van der Waals surface area contributed by atoms with E-state index in [2.05, 4.69) is 11.1 Å². The number of aliphatic hydroxyl groups excluding tert-OH is 1. The zero-order chi connectivity index (χ0) is 15.2. The van der Waals surface area contributed by atoms with E-state index in [1.165, 1.54) is 7.11 Å². The van der Waals surface area contributed by atoms with E-state index in [-0.39, 0.29) is 0 Å². The molecule has 0 aliphatic rings. The van der Waals surface area contributed by atoms with Gasteiger partial charge in [-0.1, -0.05) is 19.4 Å². The molecule has 0 bridgehead atoms. The summed E-state index contributed by atoms with van der Waals surface area (Å²) in [7, 11) is 1.54. The second-order valence-corrected chi connectivity index (χ2v) is 4.79.